The number of benzene rings is 1. The van der Waals surface area contributed by atoms with Crippen LogP contribution < -0.4 is 4.90 Å². The number of amides is 1. The molecule has 98 valence electrons. The lowest BCUT2D eigenvalue weighted by atomic mass is 10.1. The van der Waals surface area contributed by atoms with E-state index in [0.717, 1.165) is 24.3 Å². The fraction of sp³-hybridized carbons (Fsp3) is 0.312. The van der Waals surface area contributed by atoms with Gasteiger partial charge in [-0.1, -0.05) is 25.1 Å². The summed E-state index contributed by atoms with van der Waals surface area (Å²) in [5.41, 5.74) is 2.24. The number of fused-ring (bicyclic) bond motifs is 1. The Morgan fingerprint density at radius 1 is 1.32 bits per heavy atom. The van der Waals surface area contributed by atoms with E-state index in [1.807, 2.05) is 36.1 Å². The summed E-state index contributed by atoms with van der Waals surface area (Å²) in [6.07, 6.45) is 1.71. The van der Waals surface area contributed by atoms with E-state index in [-0.39, 0.29) is 11.9 Å². The standard InChI is InChI=1S/C16H17NO2/c1-3-13-8-9-15(19-13)16(18)17-11(2)10-12-6-4-5-7-14(12)17/h4-9,11H,3,10H2,1-2H3. The molecule has 1 aromatic carbocycles. The first-order valence-corrected chi connectivity index (χ1v) is 6.71. The van der Waals surface area contributed by atoms with Gasteiger partial charge >= 0.3 is 0 Å². The Morgan fingerprint density at radius 3 is 2.84 bits per heavy atom. The van der Waals surface area contributed by atoms with Gasteiger partial charge in [-0.3, -0.25) is 4.79 Å². The zero-order valence-electron chi connectivity index (χ0n) is 11.2. The van der Waals surface area contributed by atoms with Gasteiger partial charge in [0.15, 0.2) is 5.76 Å². The first-order chi connectivity index (χ1) is 9.20. The van der Waals surface area contributed by atoms with E-state index < -0.39 is 0 Å². The number of rotatable bonds is 2. The molecule has 3 nitrogen and oxygen atoms in total. The van der Waals surface area contributed by atoms with Crippen LogP contribution in [-0.4, -0.2) is 11.9 Å². The molecule has 2 heterocycles. The fourth-order valence-corrected chi connectivity index (χ4v) is 2.68. The zero-order chi connectivity index (χ0) is 13.4. The van der Waals surface area contributed by atoms with E-state index in [1.54, 1.807) is 6.07 Å². The lowest BCUT2D eigenvalue weighted by Crippen LogP contribution is -2.35. The molecular weight excluding hydrogens is 238 g/mol. The Labute approximate surface area is 112 Å². The number of furan rings is 1. The van der Waals surface area contributed by atoms with Crippen molar-refractivity contribution < 1.29 is 9.21 Å². The van der Waals surface area contributed by atoms with E-state index >= 15 is 0 Å². The van der Waals surface area contributed by atoms with E-state index in [4.69, 9.17) is 4.42 Å². The highest BCUT2D eigenvalue weighted by atomic mass is 16.4. The second kappa shape index (κ2) is 4.57. The quantitative estimate of drug-likeness (QED) is 0.823. The summed E-state index contributed by atoms with van der Waals surface area (Å²) in [4.78, 5) is 14.4. The second-order valence-corrected chi connectivity index (χ2v) is 4.98. The maximum Gasteiger partial charge on any atom is 0.294 e. The fourth-order valence-electron chi connectivity index (χ4n) is 2.68. The number of anilines is 1. The van der Waals surface area contributed by atoms with Crippen molar-refractivity contribution in [1.29, 1.82) is 0 Å². The van der Waals surface area contributed by atoms with Crippen molar-refractivity contribution in [1.82, 2.24) is 0 Å². The summed E-state index contributed by atoms with van der Waals surface area (Å²) in [7, 11) is 0. The van der Waals surface area contributed by atoms with Crippen LogP contribution in [0.4, 0.5) is 5.69 Å². The molecular formula is C16H17NO2. The van der Waals surface area contributed by atoms with Crippen LogP contribution in [0.3, 0.4) is 0 Å². The van der Waals surface area contributed by atoms with Crippen molar-refractivity contribution in [2.75, 3.05) is 4.90 Å². The van der Waals surface area contributed by atoms with Gasteiger partial charge in [0, 0.05) is 18.2 Å². The van der Waals surface area contributed by atoms with Crippen LogP contribution in [0.2, 0.25) is 0 Å². The maximum absolute atomic E-state index is 12.6. The molecule has 0 radical (unpaired) electrons. The average molecular weight is 255 g/mol. The Morgan fingerprint density at radius 2 is 2.11 bits per heavy atom. The molecule has 1 aliphatic heterocycles. The topological polar surface area (TPSA) is 33.5 Å². The molecule has 3 heteroatoms. The predicted octanol–water partition coefficient (Wildman–Crippen LogP) is 3.43. The first-order valence-electron chi connectivity index (χ1n) is 6.71. The predicted molar refractivity (Wildman–Crippen MR) is 74.5 cm³/mol. The second-order valence-electron chi connectivity index (χ2n) is 4.98. The van der Waals surface area contributed by atoms with Gasteiger partial charge in [-0.15, -0.1) is 0 Å². The Kier molecular flexibility index (Phi) is 2.90. The van der Waals surface area contributed by atoms with Crippen LogP contribution in [0.1, 0.15) is 35.7 Å². The highest BCUT2D eigenvalue weighted by Gasteiger charge is 2.32. The van der Waals surface area contributed by atoms with Crippen molar-refractivity contribution in [2.24, 2.45) is 0 Å². The zero-order valence-corrected chi connectivity index (χ0v) is 11.2. The van der Waals surface area contributed by atoms with E-state index in [0.29, 0.717) is 5.76 Å². The van der Waals surface area contributed by atoms with Gasteiger partial charge in [0.1, 0.15) is 5.76 Å². The summed E-state index contributed by atoms with van der Waals surface area (Å²) in [5, 5.41) is 0. The molecule has 0 saturated carbocycles. The van der Waals surface area contributed by atoms with E-state index in [2.05, 4.69) is 13.0 Å². The van der Waals surface area contributed by atoms with Crippen LogP contribution in [-0.2, 0) is 12.8 Å². The number of hydrogen-bond acceptors (Lipinski definition) is 2. The molecule has 1 unspecified atom stereocenters. The van der Waals surface area contributed by atoms with Crippen molar-refractivity contribution >= 4 is 11.6 Å². The smallest absolute Gasteiger partial charge is 0.294 e. The number of carbonyl (C=O) groups is 1. The van der Waals surface area contributed by atoms with Gasteiger partial charge in [0.2, 0.25) is 0 Å². The molecule has 1 amide bonds. The highest BCUT2D eigenvalue weighted by molar-refractivity contribution is 6.06. The van der Waals surface area contributed by atoms with Crippen LogP contribution in [0.25, 0.3) is 0 Å². The van der Waals surface area contributed by atoms with Gasteiger partial charge in [-0.2, -0.15) is 0 Å². The maximum atomic E-state index is 12.6. The Bertz CT molecular complexity index is 615. The number of carbonyl (C=O) groups excluding carboxylic acids is 1. The summed E-state index contributed by atoms with van der Waals surface area (Å²) >= 11 is 0. The molecule has 3 rings (SSSR count). The molecule has 0 N–H and O–H groups in total. The third-order valence-corrected chi connectivity index (χ3v) is 3.65. The number of nitrogens with zero attached hydrogens (tertiary/aromatic N) is 1. The molecule has 0 aliphatic carbocycles. The molecule has 0 spiro atoms. The Balaban J connectivity index is 1.95. The van der Waals surface area contributed by atoms with E-state index in [1.165, 1.54) is 5.56 Å². The minimum absolute atomic E-state index is 0.0443. The SMILES string of the molecule is CCc1ccc(C(=O)N2c3ccccc3CC2C)o1. The van der Waals surface area contributed by atoms with Crippen molar-refractivity contribution in [3.8, 4) is 0 Å². The van der Waals surface area contributed by atoms with E-state index in [9.17, 15) is 4.79 Å². The molecule has 0 fully saturated rings. The van der Waals surface area contributed by atoms with Gasteiger partial charge in [-0.25, -0.2) is 0 Å². The first kappa shape index (κ1) is 12.0. The van der Waals surface area contributed by atoms with Crippen molar-refractivity contribution in [3.63, 3.8) is 0 Å². The number of hydrogen-bond donors (Lipinski definition) is 0. The van der Waals surface area contributed by atoms with Crippen molar-refractivity contribution in [2.45, 2.75) is 32.7 Å². The third kappa shape index (κ3) is 1.95. The molecule has 1 atom stereocenters. The van der Waals surface area contributed by atoms with Crippen LogP contribution in [0.15, 0.2) is 40.8 Å². The normalized spacial score (nSPS) is 17.6. The minimum Gasteiger partial charge on any atom is -0.456 e. The summed E-state index contributed by atoms with van der Waals surface area (Å²) < 4.78 is 5.58. The molecule has 1 aromatic heterocycles. The minimum atomic E-state index is -0.0443. The number of para-hydroxylation sites is 1. The molecule has 0 saturated heterocycles. The number of aryl methyl sites for hydroxylation is 1. The van der Waals surface area contributed by atoms with Crippen molar-refractivity contribution in [3.05, 3.63) is 53.5 Å². The lowest BCUT2D eigenvalue weighted by molar-refractivity contribution is 0.0953. The van der Waals surface area contributed by atoms with Gasteiger partial charge < -0.3 is 9.32 Å². The van der Waals surface area contributed by atoms with Gasteiger partial charge in [0.05, 0.1) is 0 Å². The van der Waals surface area contributed by atoms with Gasteiger partial charge in [-0.05, 0) is 37.1 Å². The molecule has 19 heavy (non-hydrogen) atoms. The lowest BCUT2D eigenvalue weighted by Gasteiger charge is -2.21. The monoisotopic (exact) mass is 255 g/mol. The largest absolute Gasteiger partial charge is 0.456 e. The van der Waals surface area contributed by atoms with Crippen LogP contribution in [0.5, 0.6) is 0 Å². The molecule has 1 aliphatic rings. The molecule has 0 bridgehead atoms. The third-order valence-electron chi connectivity index (χ3n) is 3.65. The van der Waals surface area contributed by atoms with Crippen LogP contribution >= 0.6 is 0 Å². The summed E-state index contributed by atoms with van der Waals surface area (Å²) in [6.45, 7) is 4.09. The Hall–Kier alpha value is -2.03. The average Bonchev–Trinajstić information content (AvgIpc) is 3.01. The van der Waals surface area contributed by atoms with Crippen LogP contribution in [0, 0.1) is 0 Å². The highest BCUT2D eigenvalue weighted by Crippen LogP contribution is 2.33. The van der Waals surface area contributed by atoms with Gasteiger partial charge in [0.25, 0.3) is 5.91 Å². The summed E-state index contributed by atoms with van der Waals surface area (Å²) in [5.74, 6) is 1.24. The summed E-state index contributed by atoms with van der Waals surface area (Å²) in [6, 6.07) is 11.9. The molecule has 2 aromatic rings.